The van der Waals surface area contributed by atoms with Crippen LogP contribution in [0, 0.1) is 6.92 Å². The quantitative estimate of drug-likeness (QED) is 0.341. The molecule has 226 valence electrons. The Hall–Kier alpha value is -4.45. The van der Waals surface area contributed by atoms with Gasteiger partial charge in [0.05, 0.1) is 0 Å². The first kappa shape index (κ1) is 32.1. The highest BCUT2D eigenvalue weighted by Crippen LogP contribution is 2.38. The fourth-order valence-electron chi connectivity index (χ4n) is 4.60. The van der Waals surface area contributed by atoms with Crippen LogP contribution in [-0.2, 0) is 42.9 Å². The Kier molecular flexibility index (Phi) is 10.3. The summed E-state index contributed by atoms with van der Waals surface area (Å²) in [4.78, 5) is 60.1. The second-order valence-electron chi connectivity index (χ2n) is 10.0. The van der Waals surface area contributed by atoms with Gasteiger partial charge in [0.25, 0.3) is 5.91 Å². The van der Waals surface area contributed by atoms with Gasteiger partial charge in [0.2, 0.25) is 12.4 Å². The number of hydrogen-bond acceptors (Lipinski definition) is 11. The molecule has 12 heteroatoms. The van der Waals surface area contributed by atoms with E-state index in [1.165, 1.54) is 13.8 Å². The summed E-state index contributed by atoms with van der Waals surface area (Å²) in [7, 11) is 1.55. The van der Waals surface area contributed by atoms with Crippen molar-refractivity contribution in [2.24, 2.45) is 0 Å². The summed E-state index contributed by atoms with van der Waals surface area (Å²) < 4.78 is 34.1. The number of nitrogens with one attached hydrogen (secondary N) is 1. The molecule has 2 aromatic carbocycles. The fourth-order valence-corrected chi connectivity index (χ4v) is 4.60. The van der Waals surface area contributed by atoms with Gasteiger partial charge in [-0.25, -0.2) is 0 Å². The molecule has 1 saturated heterocycles. The molecule has 1 aliphatic heterocycles. The molecule has 12 nitrogen and oxygen atoms in total. The van der Waals surface area contributed by atoms with Crippen molar-refractivity contribution in [2.45, 2.75) is 71.7 Å². The summed E-state index contributed by atoms with van der Waals surface area (Å²) in [6.45, 7) is 7.53. The molecule has 0 unspecified atom stereocenters. The molecule has 42 heavy (non-hydrogen) atoms. The number of ether oxygens (including phenoxy) is 6. The number of hydrogen-bond donors (Lipinski definition) is 1. The number of aryl methyl sites for hydroxylation is 1. The van der Waals surface area contributed by atoms with E-state index >= 15 is 0 Å². The van der Waals surface area contributed by atoms with Gasteiger partial charge in [0.15, 0.2) is 12.2 Å². The second-order valence-corrected chi connectivity index (χ2v) is 10.0. The zero-order chi connectivity index (χ0) is 31.2. The molecule has 1 aliphatic rings. The zero-order valence-electron chi connectivity index (χ0n) is 24.5. The van der Waals surface area contributed by atoms with Crippen LogP contribution < -0.4 is 10.1 Å². The monoisotopic (exact) mass is 585 g/mol. The molecular weight excluding hydrogens is 550 g/mol. The third-order valence-electron chi connectivity index (χ3n) is 6.44. The van der Waals surface area contributed by atoms with Crippen molar-refractivity contribution in [1.29, 1.82) is 0 Å². The van der Waals surface area contributed by atoms with Crippen molar-refractivity contribution in [3.63, 3.8) is 0 Å². The molecule has 1 N–H and O–H groups in total. The normalized spacial score (nSPS) is 23.2. The molecule has 3 rings (SSSR count). The molecule has 0 spiro atoms. The van der Waals surface area contributed by atoms with Crippen LogP contribution in [0.1, 0.15) is 50.5 Å². The Balaban J connectivity index is 2.03. The van der Waals surface area contributed by atoms with Crippen LogP contribution in [0.25, 0.3) is 11.1 Å². The molecule has 2 aromatic rings. The average molecular weight is 586 g/mol. The zero-order valence-corrected chi connectivity index (χ0v) is 24.5. The van der Waals surface area contributed by atoms with Crippen molar-refractivity contribution < 1.29 is 52.4 Å². The third-order valence-corrected chi connectivity index (χ3v) is 6.44. The molecule has 1 fully saturated rings. The highest BCUT2D eigenvalue weighted by atomic mass is 16.7. The number of benzene rings is 2. The first-order valence-electron chi connectivity index (χ1n) is 13.2. The van der Waals surface area contributed by atoms with Crippen LogP contribution in [0.4, 0.5) is 0 Å². The minimum absolute atomic E-state index is 0.217. The van der Waals surface area contributed by atoms with Gasteiger partial charge in [0, 0.05) is 40.3 Å². The van der Waals surface area contributed by atoms with Crippen LogP contribution in [0.3, 0.4) is 0 Å². The third kappa shape index (κ3) is 7.84. The van der Waals surface area contributed by atoms with Crippen LogP contribution in [0.15, 0.2) is 42.5 Å². The smallest absolute Gasteiger partial charge is 0.303 e. The molecule has 0 aliphatic carbocycles. The van der Waals surface area contributed by atoms with E-state index in [1.54, 1.807) is 44.3 Å². The highest BCUT2D eigenvalue weighted by molar-refractivity contribution is 5.95. The summed E-state index contributed by atoms with van der Waals surface area (Å²) >= 11 is 0. The van der Waals surface area contributed by atoms with E-state index in [2.05, 4.69) is 5.32 Å². The van der Waals surface area contributed by atoms with Crippen molar-refractivity contribution in [3.05, 3.63) is 53.6 Å². The lowest BCUT2D eigenvalue weighted by atomic mass is 9.88. The van der Waals surface area contributed by atoms with Crippen molar-refractivity contribution in [2.75, 3.05) is 13.7 Å². The topological polar surface area (TPSA) is 153 Å². The van der Waals surface area contributed by atoms with E-state index in [-0.39, 0.29) is 5.91 Å². The Morgan fingerprint density at radius 1 is 0.833 bits per heavy atom. The maximum atomic E-state index is 12.1. The standard InChI is InChI=1S/C30H35NO11/c1-16-13-22(21-9-8-10-23(14-21)28(36)31-7)11-12-24(16)41-29-26(39-19(4)34)25(38-18(3)33)27(40-20(5)35)30(6,42-29)15-37-17(2)32/h8-14,25-27,29H,15H2,1-7H3,(H,31,36)/t25-,26+,27+,29+,30-/m1/s1. The van der Waals surface area contributed by atoms with Gasteiger partial charge >= 0.3 is 23.9 Å². The van der Waals surface area contributed by atoms with Gasteiger partial charge in [-0.15, -0.1) is 0 Å². The Morgan fingerprint density at radius 3 is 2.02 bits per heavy atom. The molecular formula is C30H35NO11. The van der Waals surface area contributed by atoms with E-state index in [9.17, 15) is 24.0 Å². The lowest BCUT2D eigenvalue weighted by Gasteiger charge is -2.49. The summed E-state index contributed by atoms with van der Waals surface area (Å²) in [5.74, 6) is -2.72. The average Bonchev–Trinajstić information content (AvgIpc) is 2.92. The first-order chi connectivity index (χ1) is 19.7. The summed E-state index contributed by atoms with van der Waals surface area (Å²) in [6, 6.07) is 12.4. The van der Waals surface area contributed by atoms with Crippen LogP contribution in [-0.4, -0.2) is 73.6 Å². The van der Waals surface area contributed by atoms with Crippen molar-refractivity contribution >= 4 is 29.8 Å². The maximum Gasteiger partial charge on any atom is 0.303 e. The summed E-state index contributed by atoms with van der Waals surface area (Å²) in [5.41, 5.74) is 1.19. The highest BCUT2D eigenvalue weighted by Gasteiger charge is 2.59. The van der Waals surface area contributed by atoms with E-state index in [1.807, 2.05) is 12.1 Å². The first-order valence-corrected chi connectivity index (χ1v) is 13.2. The van der Waals surface area contributed by atoms with Crippen LogP contribution in [0.2, 0.25) is 0 Å². The predicted molar refractivity (Wildman–Crippen MR) is 147 cm³/mol. The molecule has 0 bridgehead atoms. The van der Waals surface area contributed by atoms with Gasteiger partial charge in [-0.2, -0.15) is 0 Å². The van der Waals surface area contributed by atoms with Gasteiger partial charge in [-0.3, -0.25) is 24.0 Å². The SMILES string of the molecule is CNC(=O)c1cccc(-c2ccc(O[C@H]3O[C@](C)(COC(C)=O)[C@@H](OC(C)=O)[C@H](OC(C)=O)[C@@H]3OC(C)=O)c(C)c2)c1. The number of amides is 1. The number of esters is 4. The predicted octanol–water partition coefficient (Wildman–Crippen LogP) is 2.87. The van der Waals surface area contributed by atoms with Gasteiger partial charge in [-0.05, 0) is 54.8 Å². The Labute approximate surface area is 243 Å². The minimum atomic E-state index is -1.58. The molecule has 1 heterocycles. The summed E-state index contributed by atoms with van der Waals surface area (Å²) in [5, 5.41) is 2.60. The van der Waals surface area contributed by atoms with E-state index in [4.69, 9.17) is 28.4 Å². The van der Waals surface area contributed by atoms with Gasteiger partial charge < -0.3 is 33.7 Å². The molecule has 0 saturated carbocycles. The van der Waals surface area contributed by atoms with Crippen molar-refractivity contribution in [1.82, 2.24) is 5.32 Å². The number of carbonyl (C=O) groups is 5. The molecule has 1 amide bonds. The fraction of sp³-hybridized carbons (Fsp3) is 0.433. The molecule has 0 radical (unpaired) electrons. The number of rotatable bonds is 9. The second kappa shape index (κ2) is 13.5. The van der Waals surface area contributed by atoms with Crippen LogP contribution >= 0.6 is 0 Å². The van der Waals surface area contributed by atoms with E-state index < -0.39 is 60.7 Å². The minimum Gasteiger partial charge on any atom is -0.463 e. The lowest BCUT2D eigenvalue weighted by molar-refractivity contribution is -0.319. The van der Waals surface area contributed by atoms with E-state index in [0.717, 1.165) is 31.9 Å². The Bertz CT molecular complexity index is 1360. The largest absolute Gasteiger partial charge is 0.463 e. The maximum absolute atomic E-state index is 12.1. The van der Waals surface area contributed by atoms with Gasteiger partial charge in [-0.1, -0.05) is 18.2 Å². The van der Waals surface area contributed by atoms with Crippen molar-refractivity contribution in [3.8, 4) is 16.9 Å². The molecule has 5 atom stereocenters. The van der Waals surface area contributed by atoms with Gasteiger partial charge in [0.1, 0.15) is 18.0 Å². The number of carbonyl (C=O) groups excluding carboxylic acids is 5. The Morgan fingerprint density at radius 2 is 1.45 bits per heavy atom. The van der Waals surface area contributed by atoms with E-state index in [0.29, 0.717) is 16.9 Å². The lowest BCUT2D eigenvalue weighted by Crippen LogP contribution is -2.68. The molecule has 0 aromatic heterocycles. The summed E-state index contributed by atoms with van der Waals surface area (Å²) in [6.07, 6.45) is -5.46. The van der Waals surface area contributed by atoms with Crippen LogP contribution in [0.5, 0.6) is 5.75 Å².